The van der Waals surface area contributed by atoms with Crippen LogP contribution in [0.25, 0.3) is 0 Å². The highest BCUT2D eigenvalue weighted by atomic mass is 79.9. The van der Waals surface area contributed by atoms with Crippen molar-refractivity contribution in [2.24, 2.45) is 5.41 Å². The molecule has 1 atom stereocenters. The lowest BCUT2D eigenvalue weighted by atomic mass is 9.87. The molecular formula is C12H18BrNO. The van der Waals surface area contributed by atoms with Crippen LogP contribution in [0, 0.1) is 5.41 Å². The van der Waals surface area contributed by atoms with Crippen LogP contribution in [-0.2, 0) is 6.54 Å². The maximum Gasteiger partial charge on any atom is 0.169 e. The molecule has 1 aliphatic heterocycles. The molecule has 84 valence electrons. The molecule has 1 aromatic heterocycles. The van der Waals surface area contributed by atoms with Gasteiger partial charge in [0.25, 0.3) is 0 Å². The second-order valence-corrected chi connectivity index (χ2v) is 5.67. The van der Waals surface area contributed by atoms with Gasteiger partial charge in [-0.05, 0) is 46.8 Å². The Hall–Kier alpha value is -0.280. The van der Waals surface area contributed by atoms with E-state index in [0.29, 0.717) is 5.41 Å². The summed E-state index contributed by atoms with van der Waals surface area (Å²) >= 11 is 3.33. The number of likely N-dealkylation sites (tertiary alicyclic amines) is 1. The predicted octanol–water partition coefficient (Wildman–Crippen LogP) is 3.66. The monoisotopic (exact) mass is 271 g/mol. The molecule has 0 amide bonds. The Kier molecular flexibility index (Phi) is 3.21. The van der Waals surface area contributed by atoms with E-state index in [1.54, 1.807) is 0 Å². The number of rotatable bonds is 3. The number of hydrogen-bond acceptors (Lipinski definition) is 2. The fraction of sp³-hybridized carbons (Fsp3) is 0.667. The molecule has 2 nitrogen and oxygen atoms in total. The lowest BCUT2D eigenvalue weighted by Gasteiger charge is -2.22. The Morgan fingerprint density at radius 2 is 2.40 bits per heavy atom. The van der Waals surface area contributed by atoms with Crippen molar-refractivity contribution in [3.8, 4) is 0 Å². The van der Waals surface area contributed by atoms with E-state index >= 15 is 0 Å². The molecule has 1 unspecified atom stereocenters. The van der Waals surface area contributed by atoms with E-state index in [2.05, 4.69) is 40.7 Å². The first-order valence-electron chi connectivity index (χ1n) is 5.56. The minimum Gasteiger partial charge on any atom is -0.457 e. The summed E-state index contributed by atoms with van der Waals surface area (Å²) in [4.78, 5) is 2.51. The average Bonchev–Trinajstić information content (AvgIpc) is 2.76. The van der Waals surface area contributed by atoms with E-state index in [0.717, 1.165) is 11.2 Å². The van der Waals surface area contributed by atoms with Gasteiger partial charge in [0.05, 0.1) is 6.26 Å². The molecule has 0 saturated carbocycles. The number of hydrogen-bond donors (Lipinski definition) is 0. The summed E-state index contributed by atoms with van der Waals surface area (Å²) in [6.45, 7) is 8.13. The van der Waals surface area contributed by atoms with Gasteiger partial charge in [0.1, 0.15) is 0 Å². The maximum absolute atomic E-state index is 5.24. The SMILES string of the molecule is CCC1(C)CCN(Cc2coc(Br)c2)C1. The van der Waals surface area contributed by atoms with Crippen molar-refractivity contribution in [3.63, 3.8) is 0 Å². The standard InChI is InChI=1S/C12H18BrNO/c1-3-12(2)4-5-14(9-12)7-10-6-11(13)15-8-10/h6,8H,3-5,7,9H2,1-2H3. The van der Waals surface area contributed by atoms with Crippen LogP contribution in [0.2, 0.25) is 0 Å². The van der Waals surface area contributed by atoms with Crippen LogP contribution in [0.4, 0.5) is 0 Å². The first-order chi connectivity index (χ1) is 7.11. The smallest absolute Gasteiger partial charge is 0.169 e. The first-order valence-corrected chi connectivity index (χ1v) is 6.36. The van der Waals surface area contributed by atoms with Crippen molar-refractivity contribution in [3.05, 3.63) is 22.6 Å². The largest absolute Gasteiger partial charge is 0.457 e. The Balaban J connectivity index is 1.92. The van der Waals surface area contributed by atoms with Gasteiger partial charge >= 0.3 is 0 Å². The minimum absolute atomic E-state index is 0.529. The molecule has 0 bridgehead atoms. The van der Waals surface area contributed by atoms with E-state index in [1.165, 1.54) is 31.5 Å². The van der Waals surface area contributed by atoms with Gasteiger partial charge < -0.3 is 4.42 Å². The molecule has 0 N–H and O–H groups in total. The molecule has 0 spiro atoms. The molecule has 0 aromatic carbocycles. The summed E-state index contributed by atoms with van der Waals surface area (Å²) in [5, 5.41) is 0. The van der Waals surface area contributed by atoms with Gasteiger partial charge in [-0.2, -0.15) is 0 Å². The molecule has 3 heteroatoms. The highest BCUT2D eigenvalue weighted by Crippen LogP contribution is 2.33. The number of furan rings is 1. The molecule has 2 rings (SSSR count). The van der Waals surface area contributed by atoms with Crippen LogP contribution < -0.4 is 0 Å². The third-order valence-corrected chi connectivity index (χ3v) is 3.93. The second-order valence-electron chi connectivity index (χ2n) is 4.88. The lowest BCUT2D eigenvalue weighted by Crippen LogP contribution is -2.24. The Morgan fingerprint density at radius 1 is 1.60 bits per heavy atom. The Bertz CT molecular complexity index is 336. The fourth-order valence-corrected chi connectivity index (χ4v) is 2.62. The van der Waals surface area contributed by atoms with Crippen LogP contribution in [0.15, 0.2) is 21.4 Å². The van der Waals surface area contributed by atoms with Crippen LogP contribution in [0.3, 0.4) is 0 Å². The minimum atomic E-state index is 0.529. The zero-order chi connectivity index (χ0) is 10.9. The summed E-state index contributed by atoms with van der Waals surface area (Å²) in [5.41, 5.74) is 1.79. The summed E-state index contributed by atoms with van der Waals surface area (Å²) in [6.07, 6.45) is 4.44. The quantitative estimate of drug-likeness (QED) is 0.834. The first kappa shape index (κ1) is 11.2. The van der Waals surface area contributed by atoms with E-state index in [-0.39, 0.29) is 0 Å². The molecule has 1 fully saturated rings. The highest BCUT2D eigenvalue weighted by Gasteiger charge is 2.31. The summed E-state index contributed by atoms with van der Waals surface area (Å²) in [5.74, 6) is 0. The van der Waals surface area contributed by atoms with Crippen molar-refractivity contribution in [2.75, 3.05) is 13.1 Å². The fourth-order valence-electron chi connectivity index (χ4n) is 2.24. The second kappa shape index (κ2) is 4.30. The van der Waals surface area contributed by atoms with E-state index in [1.807, 2.05) is 6.26 Å². The van der Waals surface area contributed by atoms with Crippen molar-refractivity contribution in [1.29, 1.82) is 0 Å². The Labute approximate surface area is 99.8 Å². The topological polar surface area (TPSA) is 16.4 Å². The van der Waals surface area contributed by atoms with Gasteiger partial charge in [-0.3, -0.25) is 4.90 Å². The third kappa shape index (κ3) is 2.64. The molecule has 1 aromatic rings. The number of halogens is 1. The molecule has 0 aliphatic carbocycles. The maximum atomic E-state index is 5.24. The van der Waals surface area contributed by atoms with Crippen LogP contribution in [0.5, 0.6) is 0 Å². The molecule has 0 radical (unpaired) electrons. The molecule has 1 saturated heterocycles. The van der Waals surface area contributed by atoms with Crippen LogP contribution >= 0.6 is 15.9 Å². The molecule has 15 heavy (non-hydrogen) atoms. The van der Waals surface area contributed by atoms with E-state index in [4.69, 9.17) is 4.42 Å². The predicted molar refractivity (Wildman–Crippen MR) is 64.7 cm³/mol. The highest BCUT2D eigenvalue weighted by molar-refractivity contribution is 9.10. The van der Waals surface area contributed by atoms with Gasteiger partial charge in [-0.15, -0.1) is 0 Å². The van der Waals surface area contributed by atoms with Crippen LogP contribution in [0.1, 0.15) is 32.3 Å². The zero-order valence-electron chi connectivity index (χ0n) is 9.42. The van der Waals surface area contributed by atoms with Crippen molar-refractivity contribution in [2.45, 2.75) is 33.2 Å². The van der Waals surface area contributed by atoms with Gasteiger partial charge in [0, 0.05) is 18.7 Å². The Morgan fingerprint density at radius 3 is 2.93 bits per heavy atom. The normalized spacial score (nSPS) is 27.4. The summed E-state index contributed by atoms with van der Waals surface area (Å²) < 4.78 is 6.07. The van der Waals surface area contributed by atoms with Gasteiger partial charge in [-0.1, -0.05) is 13.8 Å². The molecular weight excluding hydrogens is 254 g/mol. The summed E-state index contributed by atoms with van der Waals surface area (Å²) in [7, 11) is 0. The van der Waals surface area contributed by atoms with Crippen molar-refractivity contribution >= 4 is 15.9 Å². The van der Waals surface area contributed by atoms with E-state index < -0.39 is 0 Å². The third-order valence-electron chi connectivity index (χ3n) is 3.52. The van der Waals surface area contributed by atoms with Gasteiger partial charge in [-0.25, -0.2) is 0 Å². The zero-order valence-corrected chi connectivity index (χ0v) is 11.0. The summed E-state index contributed by atoms with van der Waals surface area (Å²) in [6, 6.07) is 2.06. The molecule has 1 aliphatic rings. The number of nitrogens with zero attached hydrogens (tertiary/aromatic N) is 1. The van der Waals surface area contributed by atoms with Gasteiger partial charge in [0.2, 0.25) is 0 Å². The lowest BCUT2D eigenvalue weighted by molar-refractivity contribution is 0.263. The van der Waals surface area contributed by atoms with Gasteiger partial charge in [0.15, 0.2) is 4.67 Å². The van der Waals surface area contributed by atoms with Crippen molar-refractivity contribution < 1.29 is 4.42 Å². The average molecular weight is 272 g/mol. The molecule has 2 heterocycles. The van der Waals surface area contributed by atoms with E-state index in [9.17, 15) is 0 Å². The van der Waals surface area contributed by atoms with Crippen LogP contribution in [-0.4, -0.2) is 18.0 Å². The van der Waals surface area contributed by atoms with Crippen molar-refractivity contribution in [1.82, 2.24) is 4.90 Å².